The molecule has 0 bridgehead atoms. The lowest BCUT2D eigenvalue weighted by Gasteiger charge is -2.05. The van der Waals surface area contributed by atoms with E-state index in [9.17, 15) is 10.1 Å². The third kappa shape index (κ3) is 3.63. The normalized spacial score (nSPS) is 10.1. The number of rotatable bonds is 6. The van der Waals surface area contributed by atoms with Crippen LogP contribution in [-0.2, 0) is 0 Å². The number of aliphatic hydroxyl groups is 1. The summed E-state index contributed by atoms with van der Waals surface area (Å²) in [7, 11) is 0. The van der Waals surface area contributed by atoms with Crippen molar-refractivity contribution >= 4 is 23.1 Å². The van der Waals surface area contributed by atoms with Crippen molar-refractivity contribution < 1.29 is 10.0 Å². The zero-order chi connectivity index (χ0) is 12.0. The van der Waals surface area contributed by atoms with Crippen molar-refractivity contribution in [3.63, 3.8) is 0 Å². The molecule has 1 aromatic rings. The first-order chi connectivity index (χ1) is 7.65. The summed E-state index contributed by atoms with van der Waals surface area (Å²) in [5.74, 6) is 0.421. The lowest BCUT2D eigenvalue weighted by Crippen LogP contribution is -2.05. The van der Waals surface area contributed by atoms with E-state index in [-0.39, 0.29) is 17.3 Å². The second-order valence-electron chi connectivity index (χ2n) is 3.14. The van der Waals surface area contributed by atoms with Crippen molar-refractivity contribution in [1.82, 2.24) is 4.98 Å². The number of pyridine rings is 1. The van der Waals surface area contributed by atoms with Gasteiger partial charge in [0.15, 0.2) is 0 Å². The van der Waals surface area contributed by atoms with Gasteiger partial charge in [-0.1, -0.05) is 11.6 Å². The minimum atomic E-state index is -0.547. The number of nitrogens with zero attached hydrogens (tertiary/aromatic N) is 2. The molecule has 1 rings (SSSR count). The molecule has 0 atom stereocenters. The van der Waals surface area contributed by atoms with E-state index in [0.29, 0.717) is 18.8 Å². The van der Waals surface area contributed by atoms with Crippen LogP contribution in [0.1, 0.15) is 12.8 Å². The highest BCUT2D eigenvalue weighted by Crippen LogP contribution is 2.23. The molecule has 0 aliphatic heterocycles. The van der Waals surface area contributed by atoms with Crippen LogP contribution in [0.4, 0.5) is 11.5 Å². The van der Waals surface area contributed by atoms with Gasteiger partial charge < -0.3 is 10.4 Å². The average Bonchev–Trinajstić information content (AvgIpc) is 2.26. The molecule has 7 heteroatoms. The van der Waals surface area contributed by atoms with Gasteiger partial charge in [0.1, 0.15) is 12.0 Å². The van der Waals surface area contributed by atoms with Crippen LogP contribution < -0.4 is 5.32 Å². The van der Waals surface area contributed by atoms with Gasteiger partial charge in [0, 0.05) is 19.2 Å². The van der Waals surface area contributed by atoms with Gasteiger partial charge in [0.2, 0.25) is 0 Å². The molecule has 0 unspecified atom stereocenters. The van der Waals surface area contributed by atoms with Gasteiger partial charge in [-0.05, 0) is 12.8 Å². The van der Waals surface area contributed by atoms with Crippen molar-refractivity contribution in [2.75, 3.05) is 18.5 Å². The van der Waals surface area contributed by atoms with Crippen LogP contribution in [-0.4, -0.2) is 28.2 Å². The maximum absolute atomic E-state index is 10.4. The summed E-state index contributed by atoms with van der Waals surface area (Å²) in [5, 5.41) is 22.2. The molecule has 0 saturated heterocycles. The van der Waals surface area contributed by atoms with Gasteiger partial charge >= 0.3 is 0 Å². The number of nitro groups is 1. The molecule has 0 fully saturated rings. The number of anilines is 1. The Bertz CT molecular complexity index is 373. The van der Waals surface area contributed by atoms with Crippen molar-refractivity contribution in [2.45, 2.75) is 12.8 Å². The third-order valence-corrected chi connectivity index (χ3v) is 2.20. The fraction of sp³-hybridized carbons (Fsp3) is 0.444. The van der Waals surface area contributed by atoms with Crippen LogP contribution in [0.5, 0.6) is 0 Å². The summed E-state index contributed by atoms with van der Waals surface area (Å²) in [4.78, 5) is 13.7. The summed E-state index contributed by atoms with van der Waals surface area (Å²) in [5.41, 5.74) is -0.133. The second-order valence-corrected chi connectivity index (χ2v) is 3.55. The Balaban J connectivity index is 2.57. The highest BCUT2D eigenvalue weighted by atomic mass is 35.5. The van der Waals surface area contributed by atoms with E-state index in [4.69, 9.17) is 16.7 Å². The number of unbranched alkanes of at least 4 members (excludes halogenated alkanes) is 1. The van der Waals surface area contributed by atoms with E-state index in [0.717, 1.165) is 12.6 Å². The van der Waals surface area contributed by atoms with Crippen molar-refractivity contribution in [3.05, 3.63) is 27.4 Å². The fourth-order valence-electron chi connectivity index (χ4n) is 1.10. The Morgan fingerprint density at radius 3 is 2.88 bits per heavy atom. The van der Waals surface area contributed by atoms with Crippen LogP contribution in [0.15, 0.2) is 12.3 Å². The molecular weight excluding hydrogens is 234 g/mol. The molecule has 1 aromatic heterocycles. The Hall–Kier alpha value is -1.40. The topological polar surface area (TPSA) is 88.3 Å². The van der Waals surface area contributed by atoms with Gasteiger partial charge in [0.05, 0.1) is 9.95 Å². The van der Waals surface area contributed by atoms with E-state index in [1.807, 2.05) is 0 Å². The number of nitrogens with one attached hydrogen (secondary N) is 1. The standard InChI is InChI=1S/C9H12ClN3O3/c10-8-5-7(13(15)16)6-12-9(8)11-3-1-2-4-14/h5-6,14H,1-4H2,(H,11,12). The number of halogens is 1. The minimum absolute atomic E-state index is 0.133. The van der Waals surface area contributed by atoms with Gasteiger partial charge in [-0.2, -0.15) is 0 Å². The number of aromatic nitrogens is 1. The number of aliphatic hydroxyl groups excluding tert-OH is 1. The van der Waals surface area contributed by atoms with Crippen LogP contribution >= 0.6 is 11.6 Å². The molecule has 88 valence electrons. The fourth-order valence-corrected chi connectivity index (χ4v) is 1.33. The quantitative estimate of drug-likeness (QED) is 0.453. The second kappa shape index (κ2) is 6.24. The minimum Gasteiger partial charge on any atom is -0.396 e. The highest BCUT2D eigenvalue weighted by molar-refractivity contribution is 6.33. The predicted molar refractivity (Wildman–Crippen MR) is 60.7 cm³/mol. The number of hydrogen-bond acceptors (Lipinski definition) is 5. The lowest BCUT2D eigenvalue weighted by molar-refractivity contribution is -0.385. The Kier molecular flexibility index (Phi) is 4.94. The molecule has 0 radical (unpaired) electrons. The molecule has 6 nitrogen and oxygen atoms in total. The third-order valence-electron chi connectivity index (χ3n) is 1.91. The van der Waals surface area contributed by atoms with E-state index >= 15 is 0 Å². The molecule has 0 aliphatic rings. The maximum Gasteiger partial charge on any atom is 0.289 e. The zero-order valence-electron chi connectivity index (χ0n) is 8.52. The number of hydrogen-bond donors (Lipinski definition) is 2. The average molecular weight is 246 g/mol. The zero-order valence-corrected chi connectivity index (χ0v) is 9.28. The SMILES string of the molecule is O=[N+]([O-])c1cnc(NCCCCO)c(Cl)c1. The van der Waals surface area contributed by atoms with Gasteiger partial charge in [-0.25, -0.2) is 4.98 Å². The molecule has 16 heavy (non-hydrogen) atoms. The molecule has 0 spiro atoms. The van der Waals surface area contributed by atoms with Crippen molar-refractivity contribution in [2.24, 2.45) is 0 Å². The summed E-state index contributed by atoms with van der Waals surface area (Å²) < 4.78 is 0. The van der Waals surface area contributed by atoms with E-state index in [1.165, 1.54) is 6.07 Å². The van der Waals surface area contributed by atoms with Gasteiger partial charge in [-0.3, -0.25) is 10.1 Å². The van der Waals surface area contributed by atoms with E-state index in [1.54, 1.807) is 0 Å². The van der Waals surface area contributed by atoms with Crippen LogP contribution in [0, 0.1) is 10.1 Å². The van der Waals surface area contributed by atoms with Crippen LogP contribution in [0.3, 0.4) is 0 Å². The molecule has 0 aromatic carbocycles. The maximum atomic E-state index is 10.4. The van der Waals surface area contributed by atoms with E-state index < -0.39 is 4.92 Å². The predicted octanol–water partition coefficient (Wildman–Crippen LogP) is 1.83. The summed E-state index contributed by atoms with van der Waals surface area (Å²) in [6.45, 7) is 0.758. The molecule has 2 N–H and O–H groups in total. The summed E-state index contributed by atoms with van der Waals surface area (Å²) in [6.07, 6.45) is 2.63. The monoisotopic (exact) mass is 245 g/mol. The molecular formula is C9H12ClN3O3. The van der Waals surface area contributed by atoms with Gasteiger partial charge in [0.25, 0.3) is 5.69 Å². The first kappa shape index (κ1) is 12.7. The first-order valence-corrected chi connectivity index (χ1v) is 5.17. The smallest absolute Gasteiger partial charge is 0.289 e. The molecule has 1 heterocycles. The van der Waals surface area contributed by atoms with Crippen LogP contribution in [0.25, 0.3) is 0 Å². The van der Waals surface area contributed by atoms with Crippen molar-refractivity contribution in [3.8, 4) is 0 Å². The first-order valence-electron chi connectivity index (χ1n) is 4.80. The molecule has 0 saturated carbocycles. The molecule has 0 aliphatic carbocycles. The van der Waals surface area contributed by atoms with Crippen molar-refractivity contribution in [1.29, 1.82) is 0 Å². The Labute approximate surface area is 97.4 Å². The van der Waals surface area contributed by atoms with E-state index in [2.05, 4.69) is 10.3 Å². The summed E-state index contributed by atoms with van der Waals surface area (Å²) >= 11 is 5.81. The Morgan fingerprint density at radius 1 is 1.56 bits per heavy atom. The Morgan fingerprint density at radius 2 is 2.31 bits per heavy atom. The lowest BCUT2D eigenvalue weighted by atomic mass is 10.3. The highest BCUT2D eigenvalue weighted by Gasteiger charge is 2.10. The molecule has 0 amide bonds. The van der Waals surface area contributed by atoms with Gasteiger partial charge in [-0.15, -0.1) is 0 Å². The summed E-state index contributed by atoms with van der Waals surface area (Å²) in [6, 6.07) is 1.25. The largest absolute Gasteiger partial charge is 0.396 e. The van der Waals surface area contributed by atoms with Crippen LogP contribution in [0.2, 0.25) is 5.02 Å².